The summed E-state index contributed by atoms with van der Waals surface area (Å²) in [6.07, 6.45) is -0.846. The minimum atomic E-state index is -0.846. The molecule has 0 aromatic heterocycles. The van der Waals surface area contributed by atoms with E-state index in [2.05, 4.69) is 0 Å². The molecule has 2 aromatic carbocycles. The Bertz CT molecular complexity index is 895. The summed E-state index contributed by atoms with van der Waals surface area (Å²) in [5.41, 5.74) is 0.0685. The maximum absolute atomic E-state index is 12.8. The minimum absolute atomic E-state index is 0.0817. The van der Waals surface area contributed by atoms with Crippen molar-refractivity contribution in [1.82, 2.24) is 4.90 Å². The number of esters is 2. The highest BCUT2D eigenvalue weighted by molar-refractivity contribution is 5.78. The van der Waals surface area contributed by atoms with Crippen molar-refractivity contribution in [3.63, 3.8) is 0 Å². The normalized spacial score (nSPS) is 10.8. The van der Waals surface area contributed by atoms with Crippen molar-refractivity contribution in [2.24, 2.45) is 0 Å². The number of carbonyl (C=O) groups excluding carboxylic acids is 3. The largest absolute Gasteiger partial charge is 0.482 e. The molecule has 2 rings (SSSR count). The topological polar surface area (TPSA) is 91.4 Å². The predicted molar refractivity (Wildman–Crippen MR) is 112 cm³/mol. The van der Waals surface area contributed by atoms with Gasteiger partial charge in [-0.2, -0.15) is 0 Å². The molecule has 0 N–H and O–H groups in total. The summed E-state index contributed by atoms with van der Waals surface area (Å²) >= 11 is 0. The van der Waals surface area contributed by atoms with E-state index in [1.165, 1.54) is 29.2 Å². The lowest BCUT2D eigenvalue weighted by Crippen LogP contribution is -2.49. The average molecular weight is 447 g/mol. The van der Waals surface area contributed by atoms with Crippen LogP contribution in [0.2, 0.25) is 0 Å². The summed E-state index contributed by atoms with van der Waals surface area (Å²) in [5, 5.41) is 0. The van der Waals surface area contributed by atoms with E-state index < -0.39 is 42.8 Å². The summed E-state index contributed by atoms with van der Waals surface area (Å²) in [6.45, 7) is 3.81. The van der Waals surface area contributed by atoms with Crippen LogP contribution >= 0.6 is 0 Å². The number of benzene rings is 2. The van der Waals surface area contributed by atoms with Gasteiger partial charge in [-0.05, 0) is 50.6 Å². The molecular formula is C23H26FNO7. The monoisotopic (exact) mass is 447 g/mol. The molecule has 0 spiro atoms. The highest BCUT2D eigenvalue weighted by Gasteiger charge is 2.30. The first-order valence-electron chi connectivity index (χ1n) is 9.83. The number of halogens is 1. The Hall–Kier alpha value is -3.62. The summed E-state index contributed by atoms with van der Waals surface area (Å²) in [4.78, 5) is 37.5. The molecule has 0 bridgehead atoms. The van der Waals surface area contributed by atoms with Crippen LogP contribution in [-0.2, 0) is 30.4 Å². The molecule has 172 valence electrons. The average Bonchev–Trinajstić information content (AvgIpc) is 2.75. The first kappa shape index (κ1) is 24.6. The van der Waals surface area contributed by atoms with E-state index in [9.17, 15) is 18.8 Å². The van der Waals surface area contributed by atoms with E-state index in [1.807, 2.05) is 30.3 Å². The smallest absolute Gasteiger partial charge is 0.413 e. The highest BCUT2D eigenvalue weighted by Crippen LogP contribution is 2.15. The third-order valence-electron chi connectivity index (χ3n) is 4.13. The third-order valence-corrected chi connectivity index (χ3v) is 4.13. The molecule has 0 heterocycles. The molecule has 0 aliphatic rings. The molecule has 0 radical (unpaired) electrons. The molecule has 9 heteroatoms. The SMILES string of the molecule is CC(C)(C)N(CC(=O)OCc1ccccc1)C(=O)OCOC(=O)COc1ccc(F)cc1. The van der Waals surface area contributed by atoms with Gasteiger partial charge in [0.1, 0.15) is 24.7 Å². The zero-order valence-corrected chi connectivity index (χ0v) is 18.2. The summed E-state index contributed by atoms with van der Waals surface area (Å²) in [5.74, 6) is -1.54. The van der Waals surface area contributed by atoms with Gasteiger partial charge >= 0.3 is 18.0 Å². The van der Waals surface area contributed by atoms with Gasteiger partial charge in [0.05, 0.1) is 0 Å². The van der Waals surface area contributed by atoms with Gasteiger partial charge in [0.15, 0.2) is 6.61 Å². The molecular weight excluding hydrogens is 421 g/mol. The summed E-state index contributed by atoms with van der Waals surface area (Å²) < 4.78 is 33.0. The number of rotatable bonds is 9. The molecule has 32 heavy (non-hydrogen) atoms. The zero-order valence-electron chi connectivity index (χ0n) is 18.2. The van der Waals surface area contributed by atoms with Crippen LogP contribution in [0.15, 0.2) is 54.6 Å². The number of carbonyl (C=O) groups is 3. The quantitative estimate of drug-likeness (QED) is 0.428. The van der Waals surface area contributed by atoms with E-state index in [-0.39, 0.29) is 18.9 Å². The van der Waals surface area contributed by atoms with E-state index >= 15 is 0 Å². The van der Waals surface area contributed by atoms with Crippen molar-refractivity contribution in [3.8, 4) is 5.75 Å². The second-order valence-corrected chi connectivity index (χ2v) is 7.69. The number of ether oxygens (including phenoxy) is 4. The lowest BCUT2D eigenvalue weighted by atomic mass is 10.1. The van der Waals surface area contributed by atoms with Crippen molar-refractivity contribution < 1.29 is 37.7 Å². The standard InChI is InChI=1S/C23H26FNO7/c1-23(2,3)25(13-20(26)30-14-17-7-5-4-6-8-17)22(28)32-16-31-21(27)15-29-19-11-9-18(24)10-12-19/h4-12H,13-16H2,1-3H3. The first-order chi connectivity index (χ1) is 15.1. The Balaban J connectivity index is 1.77. The zero-order chi connectivity index (χ0) is 23.6. The first-order valence-corrected chi connectivity index (χ1v) is 9.83. The van der Waals surface area contributed by atoms with Crippen LogP contribution in [0.3, 0.4) is 0 Å². The Morgan fingerprint density at radius 3 is 2.16 bits per heavy atom. The Morgan fingerprint density at radius 1 is 0.875 bits per heavy atom. The van der Waals surface area contributed by atoms with Gasteiger partial charge < -0.3 is 18.9 Å². The number of nitrogens with zero attached hydrogens (tertiary/aromatic N) is 1. The fraction of sp³-hybridized carbons (Fsp3) is 0.348. The fourth-order valence-electron chi connectivity index (χ4n) is 2.43. The van der Waals surface area contributed by atoms with Crippen LogP contribution in [0.5, 0.6) is 5.75 Å². The maximum atomic E-state index is 12.8. The fourth-order valence-corrected chi connectivity index (χ4v) is 2.43. The van der Waals surface area contributed by atoms with Gasteiger partial charge in [0.2, 0.25) is 6.79 Å². The second-order valence-electron chi connectivity index (χ2n) is 7.69. The van der Waals surface area contributed by atoms with Gasteiger partial charge in [0, 0.05) is 5.54 Å². The van der Waals surface area contributed by atoms with Crippen LogP contribution < -0.4 is 4.74 Å². The van der Waals surface area contributed by atoms with Crippen molar-refractivity contribution in [3.05, 3.63) is 66.0 Å². The number of amides is 1. The van der Waals surface area contributed by atoms with Crippen molar-refractivity contribution in [2.45, 2.75) is 32.9 Å². The Labute approximate surface area is 185 Å². The van der Waals surface area contributed by atoms with E-state index in [0.29, 0.717) is 0 Å². The van der Waals surface area contributed by atoms with Crippen molar-refractivity contribution in [1.29, 1.82) is 0 Å². The van der Waals surface area contributed by atoms with Crippen molar-refractivity contribution >= 4 is 18.0 Å². The van der Waals surface area contributed by atoms with Gasteiger partial charge in [-0.3, -0.25) is 9.69 Å². The molecule has 0 unspecified atom stereocenters. The summed E-state index contributed by atoms with van der Waals surface area (Å²) in [6, 6.07) is 14.2. The molecule has 8 nitrogen and oxygen atoms in total. The van der Waals surface area contributed by atoms with E-state index in [4.69, 9.17) is 18.9 Å². The van der Waals surface area contributed by atoms with Gasteiger partial charge in [0.25, 0.3) is 0 Å². The lowest BCUT2D eigenvalue weighted by molar-refractivity contribution is -0.156. The molecule has 0 aliphatic heterocycles. The summed E-state index contributed by atoms with van der Waals surface area (Å²) in [7, 11) is 0. The van der Waals surface area contributed by atoms with E-state index in [1.54, 1.807) is 20.8 Å². The molecule has 0 aliphatic carbocycles. The molecule has 2 aromatic rings. The Morgan fingerprint density at radius 2 is 1.53 bits per heavy atom. The Kier molecular flexibility index (Phi) is 9.00. The molecule has 0 saturated heterocycles. The highest BCUT2D eigenvalue weighted by atomic mass is 19.1. The van der Waals surface area contributed by atoms with Gasteiger partial charge in [-0.15, -0.1) is 0 Å². The molecule has 1 amide bonds. The van der Waals surface area contributed by atoms with Gasteiger partial charge in [-0.1, -0.05) is 30.3 Å². The number of hydrogen-bond donors (Lipinski definition) is 0. The van der Waals surface area contributed by atoms with Crippen LogP contribution in [-0.4, -0.2) is 48.4 Å². The predicted octanol–water partition coefficient (Wildman–Crippen LogP) is 3.69. The lowest BCUT2D eigenvalue weighted by Gasteiger charge is -2.33. The second kappa shape index (κ2) is 11.7. The van der Waals surface area contributed by atoms with Crippen molar-refractivity contribution in [2.75, 3.05) is 19.9 Å². The van der Waals surface area contributed by atoms with Crippen LogP contribution in [0.25, 0.3) is 0 Å². The molecule has 0 atom stereocenters. The maximum Gasteiger partial charge on any atom is 0.413 e. The van der Waals surface area contributed by atoms with Crippen LogP contribution in [0.1, 0.15) is 26.3 Å². The van der Waals surface area contributed by atoms with Gasteiger partial charge in [-0.25, -0.2) is 14.0 Å². The third kappa shape index (κ3) is 8.63. The molecule has 0 fully saturated rings. The van der Waals surface area contributed by atoms with Crippen LogP contribution in [0, 0.1) is 5.82 Å². The van der Waals surface area contributed by atoms with E-state index in [0.717, 1.165) is 5.56 Å². The minimum Gasteiger partial charge on any atom is -0.482 e. The molecule has 0 saturated carbocycles. The number of hydrogen-bond acceptors (Lipinski definition) is 7. The van der Waals surface area contributed by atoms with Crippen LogP contribution in [0.4, 0.5) is 9.18 Å².